The number of anilines is 1. The molecule has 0 aliphatic carbocycles. The topological polar surface area (TPSA) is 70.0 Å². The molecule has 3 rings (SSSR count). The van der Waals surface area contributed by atoms with E-state index in [2.05, 4.69) is 5.10 Å². The van der Waals surface area contributed by atoms with Gasteiger partial charge in [-0.3, -0.25) is 4.79 Å². The van der Waals surface area contributed by atoms with Crippen LogP contribution in [0.2, 0.25) is 5.02 Å². The first kappa shape index (κ1) is 16.4. The molecule has 122 valence electrons. The van der Waals surface area contributed by atoms with Gasteiger partial charge < -0.3 is 5.11 Å². The number of aryl methyl sites for hydroxylation is 1. The first-order valence-corrected chi connectivity index (χ1v) is 8.27. The van der Waals surface area contributed by atoms with Crippen LogP contribution in [0.1, 0.15) is 27.0 Å². The number of hydrogen-bond donors (Lipinski definition) is 1. The first-order chi connectivity index (χ1) is 11.4. The lowest BCUT2D eigenvalue weighted by Gasteiger charge is -2.12. The van der Waals surface area contributed by atoms with Crippen LogP contribution in [0.15, 0.2) is 41.0 Å². The van der Waals surface area contributed by atoms with Gasteiger partial charge in [-0.2, -0.15) is 10.1 Å². The Morgan fingerprint density at radius 2 is 2.04 bits per heavy atom. The second-order valence-corrected chi connectivity index (χ2v) is 7.00. The number of hydrogen-bond acceptors (Lipinski definition) is 4. The van der Waals surface area contributed by atoms with Gasteiger partial charge in [0.2, 0.25) is 0 Å². The summed E-state index contributed by atoms with van der Waals surface area (Å²) in [5, 5.41) is 14.7. The molecular weight excluding hydrogens is 348 g/mol. The van der Waals surface area contributed by atoms with Crippen LogP contribution in [0, 0.1) is 6.92 Å². The maximum Gasteiger partial charge on any atom is 0.337 e. The van der Waals surface area contributed by atoms with Crippen molar-refractivity contribution in [2.24, 2.45) is 5.10 Å². The number of thiophene rings is 1. The van der Waals surface area contributed by atoms with Crippen LogP contribution in [-0.2, 0) is 4.79 Å². The molecule has 0 bridgehead atoms. The molecule has 1 N–H and O–H groups in total. The SMILES string of the molecule is CC1=NN(c2ccc(Cl)c(C(=O)O)c2)C(=O)/C1=C\c1ccc(C)s1. The van der Waals surface area contributed by atoms with Gasteiger partial charge in [-0.05, 0) is 50.3 Å². The largest absolute Gasteiger partial charge is 0.478 e. The number of hydrazone groups is 1. The number of nitrogens with zero attached hydrogens (tertiary/aromatic N) is 2. The number of carbonyl (C=O) groups excluding carboxylic acids is 1. The van der Waals surface area contributed by atoms with Gasteiger partial charge in [-0.15, -0.1) is 11.3 Å². The van der Waals surface area contributed by atoms with Crippen LogP contribution >= 0.6 is 22.9 Å². The van der Waals surface area contributed by atoms with Crippen LogP contribution in [0.5, 0.6) is 0 Å². The summed E-state index contributed by atoms with van der Waals surface area (Å²) in [6.07, 6.45) is 1.80. The van der Waals surface area contributed by atoms with Crippen LogP contribution < -0.4 is 5.01 Å². The van der Waals surface area contributed by atoms with Crippen LogP contribution in [-0.4, -0.2) is 22.7 Å². The van der Waals surface area contributed by atoms with E-state index in [0.29, 0.717) is 17.0 Å². The fourth-order valence-electron chi connectivity index (χ4n) is 2.34. The first-order valence-electron chi connectivity index (χ1n) is 7.08. The molecule has 24 heavy (non-hydrogen) atoms. The zero-order valence-electron chi connectivity index (χ0n) is 12.9. The predicted octanol–water partition coefficient (Wildman–Crippen LogP) is 4.21. The fourth-order valence-corrected chi connectivity index (χ4v) is 3.36. The summed E-state index contributed by atoms with van der Waals surface area (Å²) in [4.78, 5) is 26.0. The van der Waals surface area contributed by atoms with Crippen LogP contribution in [0.4, 0.5) is 5.69 Å². The molecule has 5 nitrogen and oxygen atoms in total. The molecule has 1 aromatic carbocycles. The molecule has 1 amide bonds. The van der Waals surface area contributed by atoms with Crippen molar-refractivity contribution in [2.75, 3.05) is 5.01 Å². The van der Waals surface area contributed by atoms with Crippen molar-refractivity contribution in [3.8, 4) is 0 Å². The predicted molar refractivity (Wildman–Crippen MR) is 96.0 cm³/mol. The maximum absolute atomic E-state index is 12.7. The van der Waals surface area contributed by atoms with Crippen molar-refractivity contribution in [3.05, 3.63) is 56.2 Å². The van der Waals surface area contributed by atoms with Gasteiger partial charge in [-0.25, -0.2) is 4.79 Å². The summed E-state index contributed by atoms with van der Waals surface area (Å²) in [5.41, 5.74) is 1.37. The summed E-state index contributed by atoms with van der Waals surface area (Å²) in [7, 11) is 0. The van der Waals surface area contributed by atoms with Gasteiger partial charge in [0.05, 0.1) is 27.6 Å². The molecule has 7 heteroatoms. The molecule has 1 aliphatic heterocycles. The second-order valence-electron chi connectivity index (χ2n) is 5.28. The molecule has 0 unspecified atom stereocenters. The van der Waals surface area contributed by atoms with Crippen LogP contribution in [0.3, 0.4) is 0 Å². The van der Waals surface area contributed by atoms with Gasteiger partial charge in [0.15, 0.2) is 0 Å². The summed E-state index contributed by atoms with van der Waals surface area (Å²) in [6, 6.07) is 8.29. The summed E-state index contributed by atoms with van der Waals surface area (Å²) in [5.74, 6) is -1.45. The molecule has 0 radical (unpaired) electrons. The Bertz CT molecular complexity index is 914. The third kappa shape index (κ3) is 2.98. The van der Waals surface area contributed by atoms with Gasteiger partial charge >= 0.3 is 5.97 Å². The fraction of sp³-hybridized carbons (Fsp3) is 0.118. The molecule has 0 fully saturated rings. The van der Waals surface area contributed by atoms with E-state index in [1.165, 1.54) is 17.1 Å². The molecule has 0 saturated carbocycles. The molecule has 1 aliphatic rings. The van der Waals surface area contributed by atoms with Gasteiger partial charge in [-0.1, -0.05) is 11.6 Å². The zero-order chi connectivity index (χ0) is 17.4. The number of carbonyl (C=O) groups is 2. The number of amides is 1. The van der Waals surface area contributed by atoms with Crippen molar-refractivity contribution >= 4 is 52.3 Å². The molecule has 1 aromatic heterocycles. The van der Waals surface area contributed by atoms with Gasteiger partial charge in [0, 0.05) is 9.75 Å². The second kappa shape index (κ2) is 6.22. The minimum absolute atomic E-state index is 0.0684. The number of carboxylic acid groups (broad SMARTS) is 1. The van der Waals surface area contributed by atoms with E-state index in [0.717, 1.165) is 9.75 Å². The highest BCUT2D eigenvalue weighted by Gasteiger charge is 2.29. The summed E-state index contributed by atoms with van der Waals surface area (Å²) >= 11 is 7.46. The van der Waals surface area contributed by atoms with E-state index < -0.39 is 5.97 Å². The van der Waals surface area contributed by atoms with Crippen molar-refractivity contribution in [2.45, 2.75) is 13.8 Å². The number of benzene rings is 1. The molecule has 0 saturated heterocycles. The van der Waals surface area contributed by atoms with E-state index in [-0.39, 0.29) is 16.5 Å². The smallest absolute Gasteiger partial charge is 0.337 e. The molecule has 0 atom stereocenters. The minimum Gasteiger partial charge on any atom is -0.478 e. The Kier molecular flexibility index (Phi) is 4.26. The van der Waals surface area contributed by atoms with Crippen molar-refractivity contribution < 1.29 is 14.7 Å². The Morgan fingerprint density at radius 3 is 2.67 bits per heavy atom. The molecule has 0 spiro atoms. The van der Waals surface area contributed by atoms with Gasteiger partial charge in [0.25, 0.3) is 5.91 Å². The van der Waals surface area contributed by atoms with E-state index in [1.54, 1.807) is 30.4 Å². The molecule has 2 aromatic rings. The highest BCUT2D eigenvalue weighted by Crippen LogP contribution is 2.29. The normalized spacial score (nSPS) is 16.0. The average molecular weight is 361 g/mol. The maximum atomic E-state index is 12.7. The van der Waals surface area contributed by atoms with E-state index in [4.69, 9.17) is 16.7 Å². The number of halogens is 1. The number of rotatable bonds is 3. The molecular formula is C17H13ClN2O3S. The lowest BCUT2D eigenvalue weighted by Crippen LogP contribution is -2.21. The quantitative estimate of drug-likeness (QED) is 0.833. The Labute approximate surface area is 147 Å². The molecule has 2 heterocycles. The third-order valence-electron chi connectivity index (χ3n) is 3.54. The van der Waals surface area contributed by atoms with E-state index >= 15 is 0 Å². The Balaban J connectivity index is 1.97. The number of aromatic carboxylic acids is 1. The van der Waals surface area contributed by atoms with Crippen molar-refractivity contribution in [1.82, 2.24) is 0 Å². The van der Waals surface area contributed by atoms with Gasteiger partial charge in [0.1, 0.15) is 0 Å². The lowest BCUT2D eigenvalue weighted by molar-refractivity contribution is -0.114. The van der Waals surface area contributed by atoms with E-state index in [1.807, 2.05) is 19.1 Å². The third-order valence-corrected chi connectivity index (χ3v) is 4.81. The average Bonchev–Trinajstić information content (AvgIpc) is 3.06. The summed E-state index contributed by atoms with van der Waals surface area (Å²) < 4.78 is 0. The Hall–Kier alpha value is -2.44. The van der Waals surface area contributed by atoms with Crippen molar-refractivity contribution in [1.29, 1.82) is 0 Å². The Morgan fingerprint density at radius 1 is 1.29 bits per heavy atom. The van der Waals surface area contributed by atoms with Crippen molar-refractivity contribution in [3.63, 3.8) is 0 Å². The summed E-state index contributed by atoms with van der Waals surface area (Å²) in [6.45, 7) is 3.75. The standard InChI is InChI=1S/C17H13ClN2O3S/c1-9-3-5-12(24-9)8-13-10(2)19-20(16(13)21)11-4-6-15(18)14(7-11)17(22)23/h3-8H,1-2H3,(H,22,23)/b13-8-. The lowest BCUT2D eigenvalue weighted by atomic mass is 10.1. The zero-order valence-corrected chi connectivity index (χ0v) is 14.5. The van der Waals surface area contributed by atoms with Crippen LogP contribution in [0.25, 0.3) is 6.08 Å². The number of carboxylic acids is 1. The monoisotopic (exact) mass is 360 g/mol. The highest BCUT2D eigenvalue weighted by atomic mass is 35.5. The van der Waals surface area contributed by atoms with E-state index in [9.17, 15) is 9.59 Å². The highest BCUT2D eigenvalue weighted by molar-refractivity contribution is 7.12. The minimum atomic E-state index is -1.15.